The molecule has 0 saturated carbocycles. The summed E-state index contributed by atoms with van der Waals surface area (Å²) in [4.78, 5) is 16.7. The van der Waals surface area contributed by atoms with Gasteiger partial charge in [-0.15, -0.1) is 10.2 Å². The Morgan fingerprint density at radius 1 is 1.00 bits per heavy atom. The number of nitrogens with one attached hydrogen (secondary N) is 1. The number of pyridine rings is 1. The van der Waals surface area contributed by atoms with E-state index in [4.69, 9.17) is 0 Å². The zero-order valence-corrected chi connectivity index (χ0v) is 17.3. The van der Waals surface area contributed by atoms with Gasteiger partial charge in [-0.2, -0.15) is 0 Å². The van der Waals surface area contributed by atoms with Crippen LogP contribution in [-0.4, -0.2) is 31.4 Å². The fourth-order valence-corrected chi connectivity index (χ4v) is 3.76. The molecule has 7 heteroatoms. The highest BCUT2D eigenvalue weighted by atomic mass is 32.2. The van der Waals surface area contributed by atoms with E-state index < -0.39 is 0 Å². The number of para-hydroxylation sites is 1. The number of carbonyl (C=O) groups excluding carboxylic acids is 1. The van der Waals surface area contributed by atoms with Crippen LogP contribution in [0.25, 0.3) is 17.1 Å². The standard InChI is InChI=1S/C23H21N5OS/c1-2-17-10-12-19(13-11-17)25-21(29)16-30-23-27-26-22(18-7-6-14-24-15-18)28(23)20-8-4-3-5-9-20/h3-15H,2,16H2,1H3,(H,25,29). The number of nitrogens with zero attached hydrogens (tertiary/aromatic N) is 4. The highest BCUT2D eigenvalue weighted by Gasteiger charge is 2.17. The summed E-state index contributed by atoms with van der Waals surface area (Å²) < 4.78 is 1.95. The number of hydrogen-bond donors (Lipinski definition) is 1. The first kappa shape index (κ1) is 19.8. The molecule has 4 rings (SSSR count). The predicted molar refractivity (Wildman–Crippen MR) is 120 cm³/mol. The Morgan fingerprint density at radius 3 is 2.50 bits per heavy atom. The van der Waals surface area contributed by atoms with Crippen LogP contribution < -0.4 is 5.32 Å². The average Bonchev–Trinajstić information content (AvgIpc) is 3.23. The van der Waals surface area contributed by atoms with E-state index in [1.54, 1.807) is 12.4 Å². The lowest BCUT2D eigenvalue weighted by atomic mass is 10.1. The SMILES string of the molecule is CCc1ccc(NC(=O)CSc2nnc(-c3cccnc3)n2-c2ccccc2)cc1. The third kappa shape index (κ3) is 4.58. The summed E-state index contributed by atoms with van der Waals surface area (Å²) in [7, 11) is 0. The molecule has 2 heterocycles. The smallest absolute Gasteiger partial charge is 0.234 e. The van der Waals surface area contributed by atoms with Crippen molar-refractivity contribution in [3.8, 4) is 17.1 Å². The summed E-state index contributed by atoms with van der Waals surface area (Å²) in [5.74, 6) is 0.829. The number of aryl methyl sites for hydroxylation is 1. The first-order chi connectivity index (χ1) is 14.7. The highest BCUT2D eigenvalue weighted by molar-refractivity contribution is 7.99. The Hall–Kier alpha value is -3.45. The minimum Gasteiger partial charge on any atom is -0.325 e. The molecule has 0 saturated heterocycles. The van der Waals surface area contributed by atoms with Crippen molar-refractivity contribution >= 4 is 23.4 Å². The van der Waals surface area contributed by atoms with Crippen molar-refractivity contribution in [1.82, 2.24) is 19.7 Å². The molecule has 2 aromatic heterocycles. The monoisotopic (exact) mass is 415 g/mol. The molecule has 0 aliphatic heterocycles. The second-order valence-corrected chi connectivity index (χ2v) is 7.55. The van der Waals surface area contributed by atoms with Gasteiger partial charge in [0.2, 0.25) is 5.91 Å². The van der Waals surface area contributed by atoms with Gasteiger partial charge >= 0.3 is 0 Å². The number of rotatable bonds is 7. The number of benzene rings is 2. The molecule has 0 unspecified atom stereocenters. The van der Waals surface area contributed by atoms with Gasteiger partial charge in [0.05, 0.1) is 5.75 Å². The zero-order valence-electron chi connectivity index (χ0n) is 16.5. The number of hydrogen-bond acceptors (Lipinski definition) is 5. The molecule has 0 radical (unpaired) electrons. The molecule has 0 aliphatic rings. The second-order valence-electron chi connectivity index (χ2n) is 6.61. The molecule has 150 valence electrons. The molecule has 1 N–H and O–H groups in total. The Kier molecular flexibility index (Phi) is 6.20. The van der Waals surface area contributed by atoms with Gasteiger partial charge in [-0.25, -0.2) is 0 Å². The lowest BCUT2D eigenvalue weighted by Crippen LogP contribution is -2.14. The summed E-state index contributed by atoms with van der Waals surface area (Å²) in [5, 5.41) is 12.3. The largest absolute Gasteiger partial charge is 0.325 e. The topological polar surface area (TPSA) is 72.7 Å². The van der Waals surface area contributed by atoms with Crippen molar-refractivity contribution in [2.24, 2.45) is 0 Å². The van der Waals surface area contributed by atoms with Gasteiger partial charge in [0, 0.05) is 29.3 Å². The van der Waals surface area contributed by atoms with Crippen molar-refractivity contribution in [3.63, 3.8) is 0 Å². The fraction of sp³-hybridized carbons (Fsp3) is 0.130. The normalized spacial score (nSPS) is 10.7. The van der Waals surface area contributed by atoms with E-state index in [1.165, 1.54) is 17.3 Å². The predicted octanol–water partition coefficient (Wildman–Crippen LogP) is 4.62. The molecule has 1 amide bonds. The molecular weight excluding hydrogens is 394 g/mol. The molecular formula is C23H21N5OS. The Labute approximate surface area is 179 Å². The second kappa shape index (κ2) is 9.37. The number of thioether (sulfide) groups is 1. The summed E-state index contributed by atoms with van der Waals surface area (Å²) in [6, 6.07) is 21.6. The van der Waals surface area contributed by atoms with Crippen molar-refractivity contribution in [3.05, 3.63) is 84.7 Å². The van der Waals surface area contributed by atoms with Gasteiger partial charge in [-0.05, 0) is 48.4 Å². The molecule has 4 aromatic rings. The van der Waals surface area contributed by atoms with E-state index in [-0.39, 0.29) is 11.7 Å². The van der Waals surface area contributed by atoms with Gasteiger partial charge in [-0.1, -0.05) is 49.0 Å². The van der Waals surface area contributed by atoms with Crippen LogP contribution in [0.2, 0.25) is 0 Å². The van der Waals surface area contributed by atoms with Crippen LogP contribution in [0.15, 0.2) is 84.3 Å². The number of anilines is 1. The van der Waals surface area contributed by atoms with Crippen LogP contribution in [0.1, 0.15) is 12.5 Å². The van der Waals surface area contributed by atoms with Crippen LogP contribution >= 0.6 is 11.8 Å². The van der Waals surface area contributed by atoms with Crippen molar-refractivity contribution < 1.29 is 4.79 Å². The summed E-state index contributed by atoms with van der Waals surface area (Å²) >= 11 is 1.35. The van der Waals surface area contributed by atoms with Crippen molar-refractivity contribution in [2.45, 2.75) is 18.5 Å². The minimum atomic E-state index is -0.0882. The van der Waals surface area contributed by atoms with Gasteiger partial charge < -0.3 is 5.32 Å². The zero-order chi connectivity index (χ0) is 20.8. The van der Waals surface area contributed by atoms with Gasteiger partial charge in [0.25, 0.3) is 0 Å². The first-order valence-electron chi connectivity index (χ1n) is 9.67. The van der Waals surface area contributed by atoms with Crippen LogP contribution in [0.5, 0.6) is 0 Å². The quantitative estimate of drug-likeness (QED) is 0.446. The Morgan fingerprint density at radius 2 is 1.80 bits per heavy atom. The van der Waals surface area contributed by atoms with Gasteiger partial charge in [0.15, 0.2) is 11.0 Å². The molecule has 30 heavy (non-hydrogen) atoms. The molecule has 6 nitrogen and oxygen atoms in total. The maximum absolute atomic E-state index is 12.5. The lowest BCUT2D eigenvalue weighted by Gasteiger charge is -2.10. The molecule has 0 bridgehead atoms. The molecule has 0 atom stereocenters. The van der Waals surface area contributed by atoms with E-state index >= 15 is 0 Å². The van der Waals surface area contributed by atoms with Crippen LogP contribution in [0.4, 0.5) is 5.69 Å². The maximum Gasteiger partial charge on any atom is 0.234 e. The summed E-state index contributed by atoms with van der Waals surface area (Å²) in [6.07, 6.45) is 4.45. The van der Waals surface area contributed by atoms with Crippen LogP contribution in [0, 0.1) is 0 Å². The van der Waals surface area contributed by atoms with Gasteiger partial charge in [0.1, 0.15) is 0 Å². The van der Waals surface area contributed by atoms with Gasteiger partial charge in [-0.3, -0.25) is 14.3 Å². The van der Waals surface area contributed by atoms with Crippen LogP contribution in [0.3, 0.4) is 0 Å². The molecule has 0 fully saturated rings. The van der Waals surface area contributed by atoms with Crippen molar-refractivity contribution in [2.75, 3.05) is 11.1 Å². The van der Waals surface area contributed by atoms with E-state index in [1.807, 2.05) is 71.3 Å². The van der Waals surface area contributed by atoms with E-state index in [9.17, 15) is 4.79 Å². The number of carbonyl (C=O) groups is 1. The number of aromatic nitrogens is 4. The highest BCUT2D eigenvalue weighted by Crippen LogP contribution is 2.27. The molecule has 0 aliphatic carbocycles. The van der Waals surface area contributed by atoms with Crippen LogP contribution in [-0.2, 0) is 11.2 Å². The van der Waals surface area contributed by atoms with E-state index in [2.05, 4.69) is 27.4 Å². The summed E-state index contributed by atoms with van der Waals surface area (Å²) in [6.45, 7) is 2.10. The van der Waals surface area contributed by atoms with E-state index in [0.29, 0.717) is 11.0 Å². The molecule has 2 aromatic carbocycles. The van der Waals surface area contributed by atoms with Crippen molar-refractivity contribution in [1.29, 1.82) is 0 Å². The minimum absolute atomic E-state index is 0.0882. The average molecular weight is 416 g/mol. The maximum atomic E-state index is 12.5. The lowest BCUT2D eigenvalue weighted by molar-refractivity contribution is -0.113. The third-order valence-electron chi connectivity index (χ3n) is 4.55. The Bertz CT molecular complexity index is 1110. The first-order valence-corrected chi connectivity index (χ1v) is 10.7. The summed E-state index contributed by atoms with van der Waals surface area (Å²) in [5.41, 5.74) is 3.82. The molecule has 0 spiro atoms. The Balaban J connectivity index is 1.54. The number of amides is 1. The van der Waals surface area contributed by atoms with E-state index in [0.717, 1.165) is 23.4 Å². The fourth-order valence-electron chi connectivity index (χ4n) is 3.01. The third-order valence-corrected chi connectivity index (χ3v) is 5.47.